The topological polar surface area (TPSA) is 87.7 Å². The number of aromatic nitrogens is 3. The Kier molecular flexibility index (Phi) is 3.01. The molecular weight excluding hydrogens is 240 g/mol. The molecule has 2 N–H and O–H groups in total. The number of nitrogens with zero attached hydrogens (tertiary/aromatic N) is 2. The van der Waals surface area contributed by atoms with Crippen LogP contribution in [-0.2, 0) is 0 Å². The first-order chi connectivity index (χ1) is 8.08. The van der Waals surface area contributed by atoms with Crippen molar-refractivity contribution < 1.29 is 9.59 Å². The fourth-order valence-corrected chi connectivity index (χ4v) is 2.18. The van der Waals surface area contributed by atoms with E-state index in [1.54, 1.807) is 13.1 Å². The number of carbonyl (C=O) groups excluding carboxylic acids is 2. The second-order valence-corrected chi connectivity index (χ2v) is 4.38. The van der Waals surface area contributed by atoms with Crippen LogP contribution >= 0.6 is 11.3 Å². The van der Waals surface area contributed by atoms with Crippen LogP contribution < -0.4 is 5.32 Å². The van der Waals surface area contributed by atoms with Crippen molar-refractivity contribution in [1.82, 2.24) is 15.0 Å². The number of thiazole rings is 1. The van der Waals surface area contributed by atoms with E-state index in [1.165, 1.54) is 13.1 Å². The maximum Gasteiger partial charge on any atom is 0.293 e. The van der Waals surface area contributed by atoms with Crippen LogP contribution in [0, 0.1) is 6.92 Å². The summed E-state index contributed by atoms with van der Waals surface area (Å²) < 4.78 is 0. The van der Waals surface area contributed by atoms with Gasteiger partial charge in [-0.25, -0.2) is 9.97 Å². The van der Waals surface area contributed by atoms with Crippen molar-refractivity contribution >= 4 is 28.2 Å². The molecule has 17 heavy (non-hydrogen) atoms. The summed E-state index contributed by atoms with van der Waals surface area (Å²) in [5, 5.41) is 2.98. The lowest BCUT2D eigenvalue weighted by Gasteiger charge is -1.96. The molecule has 2 aromatic rings. The predicted octanol–water partition coefficient (Wildman–Crippen LogP) is 1.63. The third-order valence-corrected chi connectivity index (χ3v) is 3.22. The molecule has 88 valence electrons. The summed E-state index contributed by atoms with van der Waals surface area (Å²) in [4.78, 5) is 34.0. The SMILES string of the molecule is CC(=O)c1sc(NC(=O)c2ncc[nH]2)nc1C. The number of aryl methyl sites for hydroxylation is 1. The number of carbonyl (C=O) groups is 2. The normalized spacial score (nSPS) is 10.2. The Morgan fingerprint density at radius 3 is 2.76 bits per heavy atom. The van der Waals surface area contributed by atoms with Crippen molar-refractivity contribution in [3.05, 3.63) is 28.8 Å². The van der Waals surface area contributed by atoms with Crippen LogP contribution in [0.25, 0.3) is 0 Å². The number of imidazole rings is 1. The van der Waals surface area contributed by atoms with E-state index in [1.807, 2.05) is 0 Å². The second kappa shape index (κ2) is 4.46. The number of Topliss-reactive ketones (excluding diaryl/α,β-unsaturated/α-hetero) is 1. The highest BCUT2D eigenvalue weighted by atomic mass is 32.1. The molecule has 0 bridgehead atoms. The fourth-order valence-electron chi connectivity index (χ4n) is 1.32. The number of ketones is 1. The van der Waals surface area contributed by atoms with Crippen molar-refractivity contribution in [3.8, 4) is 0 Å². The van der Waals surface area contributed by atoms with Gasteiger partial charge < -0.3 is 4.98 Å². The summed E-state index contributed by atoms with van der Waals surface area (Å²) in [7, 11) is 0. The summed E-state index contributed by atoms with van der Waals surface area (Å²) in [6, 6.07) is 0. The van der Waals surface area contributed by atoms with Crippen LogP contribution in [-0.4, -0.2) is 26.6 Å². The van der Waals surface area contributed by atoms with Crippen molar-refractivity contribution in [3.63, 3.8) is 0 Å². The Balaban J connectivity index is 2.17. The van der Waals surface area contributed by atoms with Gasteiger partial charge >= 0.3 is 0 Å². The molecule has 0 fully saturated rings. The van der Waals surface area contributed by atoms with E-state index in [4.69, 9.17) is 0 Å². The Bertz CT molecular complexity index is 559. The molecule has 0 atom stereocenters. The van der Waals surface area contributed by atoms with Gasteiger partial charge in [0.05, 0.1) is 10.6 Å². The smallest absolute Gasteiger partial charge is 0.293 e. The molecule has 0 saturated heterocycles. The molecular formula is C10H10N4O2S. The molecule has 0 aromatic carbocycles. The lowest BCUT2D eigenvalue weighted by Crippen LogP contribution is -2.13. The molecule has 2 rings (SSSR count). The zero-order valence-corrected chi connectivity index (χ0v) is 10.1. The number of hydrogen-bond acceptors (Lipinski definition) is 5. The molecule has 6 nitrogen and oxygen atoms in total. The first kappa shape index (κ1) is 11.5. The first-order valence-electron chi connectivity index (χ1n) is 4.87. The molecule has 0 radical (unpaired) electrons. The molecule has 0 spiro atoms. The summed E-state index contributed by atoms with van der Waals surface area (Å²) in [5.74, 6) is -0.223. The van der Waals surface area contributed by atoms with E-state index >= 15 is 0 Å². The third kappa shape index (κ3) is 2.39. The minimum Gasteiger partial charge on any atom is -0.341 e. The standard InChI is InChI=1S/C10H10N4O2S/c1-5-7(6(2)15)17-10(13-5)14-9(16)8-11-3-4-12-8/h3-4H,1-2H3,(H,11,12)(H,13,14,16). The van der Waals surface area contributed by atoms with Gasteiger partial charge in [0.1, 0.15) is 0 Å². The number of amides is 1. The van der Waals surface area contributed by atoms with Gasteiger partial charge in [0, 0.05) is 19.3 Å². The summed E-state index contributed by atoms with van der Waals surface area (Å²) >= 11 is 1.16. The van der Waals surface area contributed by atoms with E-state index in [-0.39, 0.29) is 17.5 Å². The van der Waals surface area contributed by atoms with E-state index in [9.17, 15) is 9.59 Å². The van der Waals surface area contributed by atoms with Crippen LogP contribution in [0.1, 0.15) is 32.9 Å². The summed E-state index contributed by atoms with van der Waals surface area (Å²) in [5.41, 5.74) is 0.622. The summed E-state index contributed by atoms with van der Waals surface area (Å²) in [6.45, 7) is 3.20. The number of anilines is 1. The van der Waals surface area contributed by atoms with E-state index in [0.29, 0.717) is 15.7 Å². The van der Waals surface area contributed by atoms with Gasteiger partial charge in [0.15, 0.2) is 16.7 Å². The minimum absolute atomic E-state index is 0.0569. The Morgan fingerprint density at radius 2 is 2.24 bits per heavy atom. The van der Waals surface area contributed by atoms with Crippen molar-refractivity contribution in [2.75, 3.05) is 5.32 Å². The van der Waals surface area contributed by atoms with Gasteiger partial charge in [0.25, 0.3) is 5.91 Å². The average Bonchev–Trinajstić information content (AvgIpc) is 2.86. The maximum atomic E-state index is 11.6. The van der Waals surface area contributed by atoms with Crippen molar-refractivity contribution in [2.45, 2.75) is 13.8 Å². The average molecular weight is 250 g/mol. The Hall–Kier alpha value is -2.02. The molecule has 2 heterocycles. The molecule has 0 saturated carbocycles. The van der Waals surface area contributed by atoms with Crippen LogP contribution in [0.15, 0.2) is 12.4 Å². The van der Waals surface area contributed by atoms with Gasteiger partial charge in [-0.05, 0) is 6.92 Å². The molecule has 0 aliphatic heterocycles. The second-order valence-electron chi connectivity index (χ2n) is 3.38. The van der Waals surface area contributed by atoms with Crippen LogP contribution in [0.4, 0.5) is 5.13 Å². The molecule has 2 aromatic heterocycles. The molecule has 0 unspecified atom stereocenters. The maximum absolute atomic E-state index is 11.6. The van der Waals surface area contributed by atoms with E-state index in [2.05, 4.69) is 20.3 Å². The van der Waals surface area contributed by atoms with Crippen LogP contribution in [0.5, 0.6) is 0 Å². The quantitative estimate of drug-likeness (QED) is 0.810. The van der Waals surface area contributed by atoms with Gasteiger partial charge in [-0.15, -0.1) is 0 Å². The van der Waals surface area contributed by atoms with Gasteiger partial charge in [-0.2, -0.15) is 0 Å². The molecule has 0 aliphatic carbocycles. The van der Waals surface area contributed by atoms with Crippen LogP contribution in [0.2, 0.25) is 0 Å². The Morgan fingerprint density at radius 1 is 1.47 bits per heavy atom. The van der Waals surface area contributed by atoms with Crippen LogP contribution in [0.3, 0.4) is 0 Å². The number of H-pyrrole nitrogens is 1. The summed E-state index contributed by atoms with van der Waals surface area (Å²) in [6.07, 6.45) is 3.05. The van der Waals surface area contributed by atoms with Crippen molar-refractivity contribution in [1.29, 1.82) is 0 Å². The zero-order valence-electron chi connectivity index (χ0n) is 9.27. The minimum atomic E-state index is -0.376. The number of nitrogens with one attached hydrogen (secondary N) is 2. The largest absolute Gasteiger partial charge is 0.341 e. The predicted molar refractivity (Wildman–Crippen MR) is 63.4 cm³/mol. The lowest BCUT2D eigenvalue weighted by molar-refractivity contribution is 0.101. The third-order valence-electron chi connectivity index (χ3n) is 2.05. The highest BCUT2D eigenvalue weighted by Gasteiger charge is 2.15. The highest BCUT2D eigenvalue weighted by molar-refractivity contribution is 7.17. The Labute approximate surface area is 101 Å². The zero-order chi connectivity index (χ0) is 12.4. The number of aromatic amines is 1. The molecule has 7 heteroatoms. The molecule has 1 amide bonds. The number of hydrogen-bond donors (Lipinski definition) is 2. The van der Waals surface area contributed by atoms with Crippen molar-refractivity contribution in [2.24, 2.45) is 0 Å². The monoisotopic (exact) mass is 250 g/mol. The van der Waals surface area contributed by atoms with Gasteiger partial charge in [0.2, 0.25) is 0 Å². The fraction of sp³-hybridized carbons (Fsp3) is 0.200. The molecule has 0 aliphatic rings. The van der Waals surface area contributed by atoms with E-state index < -0.39 is 0 Å². The van der Waals surface area contributed by atoms with E-state index in [0.717, 1.165) is 11.3 Å². The number of rotatable bonds is 3. The van der Waals surface area contributed by atoms with Gasteiger partial charge in [-0.3, -0.25) is 14.9 Å². The van der Waals surface area contributed by atoms with Gasteiger partial charge in [-0.1, -0.05) is 11.3 Å². The lowest BCUT2D eigenvalue weighted by atomic mass is 10.3. The highest BCUT2D eigenvalue weighted by Crippen LogP contribution is 2.23. The first-order valence-corrected chi connectivity index (χ1v) is 5.68.